The summed E-state index contributed by atoms with van der Waals surface area (Å²) in [5, 5.41) is 21.1. The lowest BCUT2D eigenvalue weighted by atomic mass is 9.90. The third-order valence-electron chi connectivity index (χ3n) is 9.21. The molecule has 0 aliphatic heterocycles. The van der Waals surface area contributed by atoms with Crippen LogP contribution in [-0.4, -0.2) is 4.98 Å². The highest BCUT2D eigenvalue weighted by Gasteiger charge is 2.21. The first-order valence-corrected chi connectivity index (χ1v) is 13.9. The summed E-state index contributed by atoms with van der Waals surface area (Å²) in [6.45, 7) is 0. The van der Waals surface area contributed by atoms with Crippen LogP contribution in [0.4, 0.5) is 0 Å². The lowest BCUT2D eigenvalue weighted by Gasteiger charge is -2.13. The Morgan fingerprint density at radius 2 is 0.825 bits per heavy atom. The van der Waals surface area contributed by atoms with E-state index in [0.29, 0.717) is 0 Å². The van der Waals surface area contributed by atoms with E-state index in [0.717, 1.165) is 0 Å². The van der Waals surface area contributed by atoms with Gasteiger partial charge in [0.05, 0.1) is 0 Å². The number of aromatic nitrogens is 1. The first kappa shape index (κ1) is 20.7. The molecule has 0 saturated carbocycles. The minimum atomic E-state index is 1.17. The maximum atomic E-state index is 4.65. The Hall–Kier alpha value is -5.27. The summed E-state index contributed by atoms with van der Waals surface area (Å²) < 4.78 is 0. The van der Waals surface area contributed by atoms with E-state index in [2.05, 4.69) is 120 Å². The van der Waals surface area contributed by atoms with Crippen LogP contribution in [0.1, 0.15) is 0 Å². The molecular formula is C39H21N. The number of hydrogen-bond donors (Lipinski definition) is 0. The van der Waals surface area contributed by atoms with E-state index in [4.69, 9.17) is 0 Å². The van der Waals surface area contributed by atoms with Crippen molar-refractivity contribution in [2.24, 2.45) is 0 Å². The number of pyridine rings is 1. The van der Waals surface area contributed by atoms with Crippen LogP contribution in [0.25, 0.3) is 97.3 Å². The van der Waals surface area contributed by atoms with Crippen molar-refractivity contribution >= 4 is 86.2 Å². The van der Waals surface area contributed by atoms with Crippen LogP contribution in [0, 0.1) is 0 Å². The van der Waals surface area contributed by atoms with Crippen LogP contribution in [0.5, 0.6) is 0 Å². The SMILES string of the molecule is c1ccc2c(-c3ccc4c5cc6c7ccccc7c7cccc(c5cc5c8ccccc8c3c45)c76)cncc2c1. The summed E-state index contributed by atoms with van der Waals surface area (Å²) in [6.07, 6.45) is 4.00. The quantitative estimate of drug-likeness (QED) is 0.203. The van der Waals surface area contributed by atoms with Crippen molar-refractivity contribution in [1.82, 2.24) is 4.98 Å². The van der Waals surface area contributed by atoms with Crippen molar-refractivity contribution in [3.8, 4) is 11.1 Å². The van der Waals surface area contributed by atoms with Crippen LogP contribution in [0.15, 0.2) is 128 Å². The van der Waals surface area contributed by atoms with E-state index >= 15 is 0 Å². The molecule has 1 heterocycles. The molecule has 0 saturated heterocycles. The van der Waals surface area contributed by atoms with Gasteiger partial charge in [-0.25, -0.2) is 0 Å². The molecule has 0 unspecified atom stereocenters. The van der Waals surface area contributed by atoms with Gasteiger partial charge in [0.15, 0.2) is 0 Å². The molecule has 0 amide bonds. The smallest absolute Gasteiger partial charge is 0.0353 e. The molecule has 9 aromatic carbocycles. The van der Waals surface area contributed by atoms with Gasteiger partial charge in [0, 0.05) is 23.3 Å². The number of nitrogens with zero attached hydrogens (tertiary/aromatic N) is 1. The fourth-order valence-corrected chi connectivity index (χ4v) is 7.58. The van der Waals surface area contributed by atoms with Crippen molar-refractivity contribution < 1.29 is 0 Å². The molecule has 0 spiro atoms. The van der Waals surface area contributed by atoms with Crippen LogP contribution in [0.3, 0.4) is 0 Å². The van der Waals surface area contributed by atoms with E-state index in [9.17, 15) is 0 Å². The normalized spacial score (nSPS) is 12.5. The lowest BCUT2D eigenvalue weighted by Crippen LogP contribution is -1.87. The number of hydrogen-bond acceptors (Lipinski definition) is 1. The van der Waals surface area contributed by atoms with Gasteiger partial charge in [-0.05, 0) is 98.5 Å². The number of benzene rings is 7. The molecule has 1 heteroatoms. The first-order valence-electron chi connectivity index (χ1n) is 13.9. The molecule has 0 aliphatic rings. The summed E-state index contributed by atoms with van der Waals surface area (Å²) in [5.41, 5.74) is 2.44. The van der Waals surface area contributed by atoms with E-state index in [1.54, 1.807) is 0 Å². The monoisotopic (exact) mass is 503 g/mol. The maximum Gasteiger partial charge on any atom is 0.0353 e. The van der Waals surface area contributed by atoms with Crippen molar-refractivity contribution in [3.63, 3.8) is 0 Å². The first-order chi connectivity index (χ1) is 19.9. The zero-order valence-corrected chi connectivity index (χ0v) is 21.6. The molecule has 0 bridgehead atoms. The van der Waals surface area contributed by atoms with Gasteiger partial charge in [0.2, 0.25) is 0 Å². The summed E-state index contributed by atoms with van der Waals surface area (Å²) in [6, 6.07) is 42.8. The Morgan fingerprint density at radius 3 is 1.60 bits per heavy atom. The standard InChI is InChI=1S/C39H21N/c1-2-9-23-22(8-1)20-40-21-36(23)31-17-16-30-33-18-34-25-11-4-3-10-24(25)27-14-7-15-29(37(27)34)32(33)19-35-26-12-5-6-13-28(26)38(31)39(30)35/h1-21H. The van der Waals surface area contributed by atoms with Crippen molar-refractivity contribution in [1.29, 1.82) is 0 Å². The van der Waals surface area contributed by atoms with Gasteiger partial charge in [-0.1, -0.05) is 103 Å². The largest absolute Gasteiger partial charge is 0.263 e. The summed E-state index contributed by atoms with van der Waals surface area (Å²) in [4.78, 5) is 4.65. The highest BCUT2D eigenvalue weighted by Crippen LogP contribution is 2.49. The third kappa shape index (κ3) is 2.42. The van der Waals surface area contributed by atoms with Gasteiger partial charge in [0.25, 0.3) is 0 Å². The van der Waals surface area contributed by atoms with Crippen molar-refractivity contribution in [3.05, 3.63) is 128 Å². The van der Waals surface area contributed by atoms with E-state index in [1.165, 1.54) is 97.3 Å². The molecule has 0 aliphatic carbocycles. The van der Waals surface area contributed by atoms with Crippen LogP contribution < -0.4 is 0 Å². The Kier molecular flexibility index (Phi) is 3.73. The van der Waals surface area contributed by atoms with Crippen LogP contribution in [0.2, 0.25) is 0 Å². The second-order valence-electron chi connectivity index (χ2n) is 11.1. The van der Waals surface area contributed by atoms with Gasteiger partial charge >= 0.3 is 0 Å². The molecule has 0 N–H and O–H groups in total. The van der Waals surface area contributed by atoms with Crippen molar-refractivity contribution in [2.45, 2.75) is 0 Å². The highest BCUT2D eigenvalue weighted by atomic mass is 14.6. The molecule has 0 atom stereocenters. The fraction of sp³-hybridized carbons (Fsp3) is 0. The van der Waals surface area contributed by atoms with Gasteiger partial charge in [-0.15, -0.1) is 0 Å². The second-order valence-corrected chi connectivity index (χ2v) is 11.1. The highest BCUT2D eigenvalue weighted by molar-refractivity contribution is 6.42. The predicted molar refractivity (Wildman–Crippen MR) is 172 cm³/mol. The topological polar surface area (TPSA) is 12.9 Å². The summed E-state index contributed by atoms with van der Waals surface area (Å²) in [5.74, 6) is 0. The Balaban J connectivity index is 1.46. The maximum absolute atomic E-state index is 4.65. The molecule has 1 nitrogen and oxygen atoms in total. The lowest BCUT2D eigenvalue weighted by molar-refractivity contribution is 1.36. The second kappa shape index (κ2) is 7.22. The minimum absolute atomic E-state index is 1.17. The van der Waals surface area contributed by atoms with E-state index < -0.39 is 0 Å². The van der Waals surface area contributed by atoms with Crippen molar-refractivity contribution in [2.75, 3.05) is 0 Å². The summed E-state index contributed by atoms with van der Waals surface area (Å²) >= 11 is 0. The minimum Gasteiger partial charge on any atom is -0.263 e. The molecule has 1 aromatic heterocycles. The third-order valence-corrected chi connectivity index (χ3v) is 9.21. The van der Waals surface area contributed by atoms with Crippen LogP contribution >= 0.6 is 0 Å². The fourth-order valence-electron chi connectivity index (χ4n) is 7.58. The molecule has 10 rings (SSSR count). The van der Waals surface area contributed by atoms with E-state index in [1.807, 2.05) is 12.4 Å². The zero-order valence-electron chi connectivity index (χ0n) is 21.6. The molecular weight excluding hydrogens is 482 g/mol. The summed E-state index contributed by atoms with van der Waals surface area (Å²) in [7, 11) is 0. The average molecular weight is 504 g/mol. The Bertz CT molecular complexity index is 2640. The predicted octanol–water partition coefficient (Wildman–Crippen LogP) is 10.8. The van der Waals surface area contributed by atoms with Crippen LogP contribution in [-0.2, 0) is 0 Å². The van der Waals surface area contributed by atoms with Gasteiger partial charge in [-0.3, -0.25) is 4.98 Å². The van der Waals surface area contributed by atoms with Gasteiger partial charge in [0.1, 0.15) is 0 Å². The van der Waals surface area contributed by atoms with Gasteiger partial charge in [-0.2, -0.15) is 0 Å². The molecule has 10 aromatic rings. The molecule has 40 heavy (non-hydrogen) atoms. The zero-order chi connectivity index (χ0) is 25.9. The molecule has 182 valence electrons. The molecule has 0 radical (unpaired) electrons. The Labute approximate surface area is 229 Å². The number of fused-ring (bicyclic) bond motifs is 10. The average Bonchev–Trinajstić information content (AvgIpc) is 3.52. The molecule has 0 fully saturated rings. The van der Waals surface area contributed by atoms with E-state index in [-0.39, 0.29) is 0 Å². The Morgan fingerprint density at radius 1 is 0.300 bits per heavy atom. The number of rotatable bonds is 1. The van der Waals surface area contributed by atoms with Gasteiger partial charge < -0.3 is 0 Å².